The van der Waals surface area contributed by atoms with E-state index in [0.29, 0.717) is 30.6 Å². The fourth-order valence-electron chi connectivity index (χ4n) is 4.87. The number of nitrogens with zero attached hydrogens (tertiary/aromatic N) is 1. The van der Waals surface area contributed by atoms with Crippen molar-refractivity contribution in [2.24, 2.45) is 0 Å². The summed E-state index contributed by atoms with van der Waals surface area (Å²) in [4.78, 5) is 39.5. The van der Waals surface area contributed by atoms with Gasteiger partial charge in [-0.1, -0.05) is 30.9 Å². The number of aromatic amines is 1. The molecule has 36 heavy (non-hydrogen) atoms. The van der Waals surface area contributed by atoms with Crippen molar-refractivity contribution < 1.29 is 27.2 Å². The number of pyridine rings is 1. The minimum atomic E-state index is -4.54. The van der Waals surface area contributed by atoms with Gasteiger partial charge >= 0.3 is 6.18 Å². The molecule has 0 bridgehead atoms. The molecule has 2 aliphatic heterocycles. The number of hydrogen-bond acceptors (Lipinski definition) is 5. The van der Waals surface area contributed by atoms with Gasteiger partial charge in [-0.25, -0.2) is 9.82 Å². The molecule has 0 saturated heterocycles. The molecule has 0 unspecified atom stereocenters. The summed E-state index contributed by atoms with van der Waals surface area (Å²) in [6, 6.07) is 5.71. The number of anilines is 2. The fraction of sp³-hybridized carbons (Fsp3) is 0.435. The van der Waals surface area contributed by atoms with E-state index in [1.165, 1.54) is 12.1 Å². The number of carbonyl (C=O) groups is 2. The van der Waals surface area contributed by atoms with Crippen molar-refractivity contribution >= 4 is 34.8 Å². The van der Waals surface area contributed by atoms with Crippen molar-refractivity contribution in [3.63, 3.8) is 0 Å². The summed E-state index contributed by atoms with van der Waals surface area (Å²) in [7, 11) is 0. The summed E-state index contributed by atoms with van der Waals surface area (Å²) in [5, 5.41) is 1.60. The predicted molar refractivity (Wildman–Crippen MR) is 125 cm³/mol. The summed E-state index contributed by atoms with van der Waals surface area (Å²) in [6.45, 7) is -1.35. The van der Waals surface area contributed by atoms with Gasteiger partial charge in [0.2, 0.25) is 17.4 Å². The third kappa shape index (κ3) is 5.19. The smallest absolute Gasteiger partial charge is 0.345 e. The molecule has 194 valence electrons. The number of hydrazine groups is 1. The summed E-state index contributed by atoms with van der Waals surface area (Å²) in [6.07, 6.45) is -1.15. The van der Waals surface area contributed by atoms with Gasteiger partial charge in [0, 0.05) is 11.6 Å². The van der Waals surface area contributed by atoms with Crippen LogP contribution in [-0.2, 0) is 21.5 Å². The predicted octanol–water partition coefficient (Wildman–Crippen LogP) is 3.51. The minimum absolute atomic E-state index is 0.0516. The Morgan fingerprint density at radius 3 is 2.53 bits per heavy atom. The number of benzene rings is 1. The molecular weight excluding hydrogens is 506 g/mol. The second-order valence-electron chi connectivity index (χ2n) is 8.87. The van der Waals surface area contributed by atoms with Crippen LogP contribution in [0.2, 0.25) is 5.02 Å². The molecule has 5 rings (SSSR count). The Morgan fingerprint density at radius 2 is 1.83 bits per heavy atom. The van der Waals surface area contributed by atoms with Crippen molar-refractivity contribution in [3.05, 3.63) is 56.7 Å². The van der Waals surface area contributed by atoms with Gasteiger partial charge in [0.1, 0.15) is 18.9 Å². The monoisotopic (exact) mass is 529 g/mol. The lowest BCUT2D eigenvalue weighted by molar-refractivity contribution is -0.138. The summed E-state index contributed by atoms with van der Waals surface area (Å²) < 4.78 is 50.8. The Balaban J connectivity index is 0.000000251. The third-order valence-electron chi connectivity index (χ3n) is 6.48. The molecule has 1 aliphatic carbocycles. The van der Waals surface area contributed by atoms with Crippen LogP contribution in [0.15, 0.2) is 29.1 Å². The van der Waals surface area contributed by atoms with E-state index in [-0.39, 0.29) is 10.6 Å². The lowest BCUT2D eigenvalue weighted by atomic mass is 9.70. The van der Waals surface area contributed by atoms with Gasteiger partial charge in [-0.15, -0.1) is 0 Å². The lowest BCUT2D eigenvalue weighted by Gasteiger charge is -2.32. The molecule has 2 aromatic rings. The van der Waals surface area contributed by atoms with Gasteiger partial charge in [0.15, 0.2) is 0 Å². The third-order valence-corrected chi connectivity index (χ3v) is 6.85. The Kier molecular flexibility index (Phi) is 7.28. The van der Waals surface area contributed by atoms with Crippen LogP contribution >= 0.6 is 11.6 Å². The molecule has 1 fully saturated rings. The van der Waals surface area contributed by atoms with Crippen molar-refractivity contribution in [3.8, 4) is 0 Å². The number of nitrogens with one attached hydrogen (secondary N) is 4. The van der Waals surface area contributed by atoms with Crippen molar-refractivity contribution in [2.75, 3.05) is 23.4 Å². The number of alkyl halides is 3. The Labute approximate surface area is 208 Å². The first kappa shape index (κ1) is 26.0. The van der Waals surface area contributed by atoms with Gasteiger partial charge in [-0.2, -0.15) is 13.2 Å². The van der Waals surface area contributed by atoms with E-state index < -0.39 is 42.3 Å². The SMILES string of the molecule is O=C(CN1C(=O)C2(CCCCC2)c2c1ccc(F)c2Cl)NCC(F)(F)F.O=c1ccc2c([nH]1)CNN2. The Hall–Kier alpha value is -3.12. The highest BCUT2D eigenvalue weighted by Crippen LogP contribution is 2.53. The second-order valence-corrected chi connectivity index (χ2v) is 9.25. The molecule has 1 aromatic heterocycles. The molecular formula is C23H24ClF4N5O3. The number of aromatic nitrogens is 1. The first-order chi connectivity index (χ1) is 17.0. The highest BCUT2D eigenvalue weighted by Gasteiger charge is 2.53. The summed E-state index contributed by atoms with van der Waals surface area (Å²) >= 11 is 6.15. The normalized spacial score (nSPS) is 17.7. The zero-order valence-electron chi connectivity index (χ0n) is 19.0. The van der Waals surface area contributed by atoms with Crippen LogP contribution in [0, 0.1) is 5.82 Å². The van der Waals surface area contributed by atoms with Gasteiger partial charge < -0.3 is 20.6 Å². The van der Waals surface area contributed by atoms with Crippen LogP contribution in [0.4, 0.5) is 28.9 Å². The van der Waals surface area contributed by atoms with E-state index >= 15 is 0 Å². The largest absolute Gasteiger partial charge is 0.405 e. The van der Waals surface area contributed by atoms with Crippen LogP contribution in [0.25, 0.3) is 0 Å². The second kappa shape index (κ2) is 10.1. The zero-order valence-corrected chi connectivity index (χ0v) is 19.8. The van der Waals surface area contributed by atoms with Crippen molar-refractivity contribution in [2.45, 2.75) is 50.2 Å². The Morgan fingerprint density at radius 1 is 1.11 bits per heavy atom. The van der Waals surface area contributed by atoms with E-state index in [9.17, 15) is 31.9 Å². The molecule has 4 N–H and O–H groups in total. The van der Waals surface area contributed by atoms with Crippen LogP contribution < -0.4 is 26.6 Å². The first-order valence-electron chi connectivity index (χ1n) is 11.4. The van der Waals surface area contributed by atoms with Crippen molar-refractivity contribution in [1.82, 2.24) is 15.7 Å². The van der Waals surface area contributed by atoms with Gasteiger partial charge in [-0.05, 0) is 31.0 Å². The van der Waals surface area contributed by atoms with Gasteiger partial charge in [0.05, 0.1) is 34.1 Å². The average molecular weight is 530 g/mol. The van der Waals surface area contributed by atoms with E-state index in [1.54, 1.807) is 11.4 Å². The number of amides is 2. The molecule has 3 heterocycles. The molecule has 0 atom stereocenters. The first-order valence-corrected chi connectivity index (χ1v) is 11.7. The van der Waals surface area contributed by atoms with E-state index in [1.807, 2.05) is 0 Å². The molecule has 3 aliphatic rings. The molecule has 13 heteroatoms. The molecule has 1 saturated carbocycles. The standard InChI is InChI=1S/C17H17ClF4N2O2.C6H7N3O/c18-14-10(19)4-5-11-13(14)16(6-2-1-3-7-16)15(26)24(11)8-12(25)23-9-17(20,21)22;10-6-2-1-4-5(8-6)3-7-9-4/h4-5H,1-3,6-9H2,(H,23,25);1-2,7,9H,3H2,(H,8,10). The number of carbonyl (C=O) groups excluding carboxylic acids is 2. The van der Waals surface area contributed by atoms with Crippen molar-refractivity contribution in [1.29, 1.82) is 0 Å². The average Bonchev–Trinajstić information content (AvgIpc) is 3.38. The number of hydrogen-bond donors (Lipinski definition) is 4. The molecule has 8 nitrogen and oxygen atoms in total. The zero-order chi connectivity index (χ0) is 26.1. The summed E-state index contributed by atoms with van der Waals surface area (Å²) in [5.41, 5.74) is 7.28. The maximum absolute atomic E-state index is 14.0. The van der Waals surface area contributed by atoms with Crippen LogP contribution in [-0.4, -0.2) is 36.1 Å². The van der Waals surface area contributed by atoms with E-state index in [0.717, 1.165) is 41.6 Å². The maximum Gasteiger partial charge on any atom is 0.405 e. The highest BCUT2D eigenvalue weighted by molar-refractivity contribution is 6.33. The van der Waals surface area contributed by atoms with Gasteiger partial charge in [-0.3, -0.25) is 14.4 Å². The van der Waals surface area contributed by atoms with Crippen LogP contribution in [0.3, 0.4) is 0 Å². The molecule has 1 spiro atoms. The van der Waals surface area contributed by atoms with Gasteiger partial charge in [0.25, 0.3) is 0 Å². The maximum atomic E-state index is 14.0. The quantitative estimate of drug-likeness (QED) is 0.455. The Bertz CT molecular complexity index is 1230. The van der Waals surface area contributed by atoms with E-state index in [2.05, 4.69) is 15.8 Å². The number of H-pyrrole nitrogens is 1. The van der Waals surface area contributed by atoms with E-state index in [4.69, 9.17) is 11.6 Å². The molecule has 2 amide bonds. The fourth-order valence-corrected chi connectivity index (χ4v) is 5.21. The van der Waals surface area contributed by atoms with Crippen LogP contribution in [0.5, 0.6) is 0 Å². The lowest BCUT2D eigenvalue weighted by Crippen LogP contribution is -2.46. The highest BCUT2D eigenvalue weighted by atomic mass is 35.5. The van der Waals surface area contributed by atoms with Crippen LogP contribution in [0.1, 0.15) is 43.4 Å². The number of halogens is 5. The molecule has 1 aromatic carbocycles. The topological polar surface area (TPSA) is 106 Å². The number of rotatable bonds is 3. The minimum Gasteiger partial charge on any atom is -0.345 e. The molecule has 0 radical (unpaired) electrons. The summed E-state index contributed by atoms with van der Waals surface area (Å²) in [5.74, 6) is -2.00. The number of fused-ring (bicyclic) bond motifs is 3.